The van der Waals surface area contributed by atoms with Gasteiger partial charge in [0.05, 0.1) is 0 Å². The summed E-state index contributed by atoms with van der Waals surface area (Å²) in [5.74, 6) is -0.0810. The van der Waals surface area contributed by atoms with Gasteiger partial charge in [0.2, 0.25) is 16.9 Å². The van der Waals surface area contributed by atoms with Crippen molar-refractivity contribution in [2.75, 3.05) is 5.32 Å². The Hall–Kier alpha value is -1.50. The van der Waals surface area contributed by atoms with Gasteiger partial charge in [0.25, 0.3) is 0 Å². The van der Waals surface area contributed by atoms with E-state index in [1.54, 1.807) is 0 Å². The minimum atomic E-state index is -0.566. The lowest BCUT2D eigenvalue weighted by atomic mass is 10.0. The van der Waals surface area contributed by atoms with E-state index in [4.69, 9.17) is 0 Å². The molecule has 6 nitrogen and oxygen atoms in total. The minimum Gasteiger partial charge on any atom is -0.344 e. The molecule has 0 fully saturated rings. The van der Waals surface area contributed by atoms with Crippen molar-refractivity contribution in [3.8, 4) is 0 Å². The average Bonchev–Trinajstić information content (AvgIpc) is 2.91. The first-order chi connectivity index (χ1) is 11.3. The van der Waals surface area contributed by atoms with Crippen LogP contribution in [0.15, 0.2) is 0 Å². The van der Waals surface area contributed by atoms with Crippen LogP contribution in [0.25, 0.3) is 0 Å². The second kappa shape index (κ2) is 10.4. The first-order valence-corrected chi connectivity index (χ1v) is 9.57. The molecule has 0 aliphatic heterocycles. The minimum absolute atomic E-state index is 0.00180. The molecule has 1 heterocycles. The molecule has 1 aromatic rings. The number of carbonyl (C=O) groups excluding carboxylic acids is 2. The van der Waals surface area contributed by atoms with Gasteiger partial charge in [0.15, 0.2) is 0 Å². The maximum Gasteiger partial charge on any atom is 0.249 e. The summed E-state index contributed by atoms with van der Waals surface area (Å²) < 4.78 is 0. The summed E-state index contributed by atoms with van der Waals surface area (Å²) in [5, 5.41) is 15.2. The number of aromatic nitrogens is 2. The van der Waals surface area contributed by atoms with Crippen LogP contribution in [0.2, 0.25) is 0 Å². The van der Waals surface area contributed by atoms with Crippen molar-refractivity contribution in [2.45, 2.75) is 72.8 Å². The Morgan fingerprint density at radius 2 is 1.83 bits per heavy atom. The molecule has 0 radical (unpaired) electrons. The number of anilines is 1. The van der Waals surface area contributed by atoms with Crippen molar-refractivity contribution >= 4 is 28.3 Å². The van der Waals surface area contributed by atoms with Crippen molar-refractivity contribution in [3.63, 3.8) is 0 Å². The number of carbonyl (C=O) groups is 2. The number of nitrogens with one attached hydrogen (secondary N) is 2. The molecule has 0 saturated heterocycles. The van der Waals surface area contributed by atoms with E-state index < -0.39 is 6.04 Å². The predicted octanol–water partition coefficient (Wildman–Crippen LogP) is 3.40. The summed E-state index contributed by atoms with van der Waals surface area (Å²) in [7, 11) is 0. The SMILES string of the molecule is CCCCCc1nnc(NC(=O)C(NC(=O)CC(C)C)C(C)C)s1. The van der Waals surface area contributed by atoms with E-state index in [0.717, 1.165) is 24.3 Å². The van der Waals surface area contributed by atoms with Gasteiger partial charge in [-0.2, -0.15) is 0 Å². The van der Waals surface area contributed by atoms with Gasteiger partial charge < -0.3 is 5.32 Å². The largest absolute Gasteiger partial charge is 0.344 e. The highest BCUT2D eigenvalue weighted by Crippen LogP contribution is 2.18. The third kappa shape index (κ3) is 7.38. The number of aryl methyl sites for hydroxylation is 1. The van der Waals surface area contributed by atoms with E-state index >= 15 is 0 Å². The molecule has 1 aromatic heterocycles. The van der Waals surface area contributed by atoms with E-state index in [2.05, 4.69) is 27.8 Å². The van der Waals surface area contributed by atoms with Crippen LogP contribution in [-0.4, -0.2) is 28.1 Å². The molecule has 2 amide bonds. The Morgan fingerprint density at radius 3 is 2.42 bits per heavy atom. The Morgan fingerprint density at radius 1 is 1.12 bits per heavy atom. The molecule has 0 bridgehead atoms. The molecule has 0 aromatic carbocycles. The summed E-state index contributed by atoms with van der Waals surface area (Å²) in [6.07, 6.45) is 4.71. The Labute approximate surface area is 148 Å². The Bertz CT molecular complexity index is 528. The lowest BCUT2D eigenvalue weighted by Gasteiger charge is -2.21. The van der Waals surface area contributed by atoms with Gasteiger partial charge in [0, 0.05) is 12.8 Å². The predicted molar refractivity (Wildman–Crippen MR) is 98.0 cm³/mol. The molecular weight excluding hydrogens is 324 g/mol. The van der Waals surface area contributed by atoms with Crippen molar-refractivity contribution < 1.29 is 9.59 Å². The van der Waals surface area contributed by atoms with Crippen LogP contribution in [0.3, 0.4) is 0 Å². The molecule has 1 unspecified atom stereocenters. The topological polar surface area (TPSA) is 84.0 Å². The smallest absolute Gasteiger partial charge is 0.249 e. The molecule has 0 saturated carbocycles. The number of amides is 2. The van der Waals surface area contributed by atoms with Gasteiger partial charge in [0.1, 0.15) is 11.0 Å². The molecule has 0 aliphatic carbocycles. The third-order valence-corrected chi connectivity index (χ3v) is 4.45. The fourth-order valence-electron chi connectivity index (χ4n) is 2.25. The zero-order chi connectivity index (χ0) is 18.1. The fourth-order valence-corrected chi connectivity index (χ4v) is 3.04. The van der Waals surface area contributed by atoms with Crippen LogP contribution >= 0.6 is 11.3 Å². The van der Waals surface area contributed by atoms with Gasteiger partial charge in [-0.25, -0.2) is 0 Å². The van der Waals surface area contributed by atoms with Crippen LogP contribution in [0.5, 0.6) is 0 Å². The van der Waals surface area contributed by atoms with E-state index in [9.17, 15) is 9.59 Å². The van der Waals surface area contributed by atoms with Crippen LogP contribution < -0.4 is 10.6 Å². The highest BCUT2D eigenvalue weighted by Gasteiger charge is 2.25. The van der Waals surface area contributed by atoms with Crippen LogP contribution in [0.1, 0.15) is 65.3 Å². The molecule has 0 spiro atoms. The highest BCUT2D eigenvalue weighted by molar-refractivity contribution is 7.15. The second-order valence-electron chi connectivity index (χ2n) is 6.83. The van der Waals surface area contributed by atoms with Crippen LogP contribution in [0.4, 0.5) is 5.13 Å². The quantitative estimate of drug-likeness (QED) is 0.631. The summed E-state index contributed by atoms with van der Waals surface area (Å²) in [4.78, 5) is 24.4. The summed E-state index contributed by atoms with van der Waals surface area (Å²) in [5.41, 5.74) is 0. The zero-order valence-electron chi connectivity index (χ0n) is 15.4. The van der Waals surface area contributed by atoms with Crippen LogP contribution in [-0.2, 0) is 16.0 Å². The average molecular weight is 355 g/mol. The zero-order valence-corrected chi connectivity index (χ0v) is 16.2. The van der Waals surface area contributed by atoms with E-state index in [0.29, 0.717) is 11.6 Å². The molecule has 1 atom stereocenters. The molecular formula is C17H30N4O2S. The first-order valence-electron chi connectivity index (χ1n) is 8.76. The van der Waals surface area contributed by atoms with Gasteiger partial charge >= 0.3 is 0 Å². The van der Waals surface area contributed by atoms with Crippen molar-refractivity contribution in [2.24, 2.45) is 11.8 Å². The number of hydrogen-bond donors (Lipinski definition) is 2. The van der Waals surface area contributed by atoms with Gasteiger partial charge in [-0.15, -0.1) is 10.2 Å². The highest BCUT2D eigenvalue weighted by atomic mass is 32.1. The molecule has 1 rings (SSSR count). The Balaban J connectivity index is 2.60. The van der Waals surface area contributed by atoms with E-state index in [-0.39, 0.29) is 23.7 Å². The summed E-state index contributed by atoms with van der Waals surface area (Å²) >= 11 is 1.40. The second-order valence-corrected chi connectivity index (χ2v) is 7.90. The number of nitrogens with zero attached hydrogens (tertiary/aromatic N) is 2. The van der Waals surface area contributed by atoms with Crippen molar-refractivity contribution in [3.05, 3.63) is 5.01 Å². The number of unbranched alkanes of at least 4 members (excludes halogenated alkanes) is 2. The van der Waals surface area contributed by atoms with Crippen molar-refractivity contribution in [1.29, 1.82) is 0 Å². The molecule has 7 heteroatoms. The van der Waals surface area contributed by atoms with Gasteiger partial charge in [-0.1, -0.05) is 58.8 Å². The normalized spacial score (nSPS) is 12.5. The Kier molecular flexibility index (Phi) is 8.89. The summed E-state index contributed by atoms with van der Waals surface area (Å²) in [6.45, 7) is 9.94. The maximum absolute atomic E-state index is 12.5. The van der Waals surface area contributed by atoms with Crippen LogP contribution in [0, 0.1) is 11.8 Å². The number of hydrogen-bond acceptors (Lipinski definition) is 5. The first kappa shape index (κ1) is 20.5. The fraction of sp³-hybridized carbons (Fsp3) is 0.765. The standard InChI is InChI=1S/C17H30N4O2S/c1-6-7-8-9-14-20-21-17(24-14)19-16(23)15(12(4)5)18-13(22)10-11(2)3/h11-12,15H,6-10H2,1-5H3,(H,18,22)(H,19,21,23). The monoisotopic (exact) mass is 354 g/mol. The molecule has 136 valence electrons. The number of rotatable bonds is 10. The van der Waals surface area contributed by atoms with Gasteiger partial charge in [-0.05, 0) is 18.3 Å². The van der Waals surface area contributed by atoms with Crippen molar-refractivity contribution in [1.82, 2.24) is 15.5 Å². The lowest BCUT2D eigenvalue weighted by molar-refractivity contribution is -0.127. The maximum atomic E-state index is 12.5. The third-order valence-electron chi connectivity index (χ3n) is 3.55. The molecule has 2 N–H and O–H groups in total. The van der Waals surface area contributed by atoms with E-state index in [1.807, 2.05) is 27.7 Å². The molecule has 0 aliphatic rings. The molecule has 24 heavy (non-hydrogen) atoms. The summed E-state index contributed by atoms with van der Waals surface area (Å²) in [6, 6.07) is -0.566. The van der Waals surface area contributed by atoms with Gasteiger partial charge in [-0.3, -0.25) is 14.9 Å². The lowest BCUT2D eigenvalue weighted by Crippen LogP contribution is -2.47. The van der Waals surface area contributed by atoms with E-state index in [1.165, 1.54) is 17.8 Å².